The lowest BCUT2D eigenvalue weighted by Gasteiger charge is -2.16. The molecule has 0 fully saturated rings. The molecule has 0 aliphatic heterocycles. The fourth-order valence-corrected chi connectivity index (χ4v) is 7.04. The molecule has 1 nitrogen and oxygen atoms in total. The van der Waals surface area contributed by atoms with Gasteiger partial charge in [-0.1, -0.05) is 109 Å². The molecule has 8 rings (SSSR count). The molecule has 0 spiro atoms. The maximum Gasteiger partial charge on any atom is 0.0786 e. The molecule has 182 valence electrons. The molecule has 2 heteroatoms. The van der Waals surface area contributed by atoms with E-state index in [1.54, 1.807) is 0 Å². The summed E-state index contributed by atoms with van der Waals surface area (Å²) in [6.07, 6.45) is 1.90. The summed E-state index contributed by atoms with van der Waals surface area (Å²) in [4.78, 5) is 4.85. The first-order chi connectivity index (χ1) is 19.3. The molecule has 0 radical (unpaired) electrons. The van der Waals surface area contributed by atoms with Crippen LogP contribution in [0.3, 0.4) is 0 Å². The van der Waals surface area contributed by atoms with Crippen molar-refractivity contribution in [1.29, 1.82) is 0 Å². The number of pyridine rings is 1. The minimum atomic E-state index is 1.05. The van der Waals surface area contributed by atoms with Crippen LogP contribution in [0.25, 0.3) is 75.2 Å². The van der Waals surface area contributed by atoms with Gasteiger partial charge >= 0.3 is 0 Å². The van der Waals surface area contributed by atoms with E-state index < -0.39 is 0 Å². The maximum absolute atomic E-state index is 4.85. The molecule has 0 unspecified atom stereocenters. The summed E-state index contributed by atoms with van der Waals surface area (Å²) in [6.45, 7) is 0. The first-order valence-corrected chi connectivity index (χ1v) is 14.0. The van der Waals surface area contributed by atoms with E-state index in [0.717, 1.165) is 10.9 Å². The quantitative estimate of drug-likeness (QED) is 0.214. The highest BCUT2D eigenvalue weighted by molar-refractivity contribution is 7.26. The Hall–Kier alpha value is -4.79. The van der Waals surface area contributed by atoms with Crippen LogP contribution in [0.2, 0.25) is 0 Å². The normalized spacial score (nSPS) is 11.6. The fourth-order valence-electron chi connectivity index (χ4n) is 5.95. The predicted molar refractivity (Wildman–Crippen MR) is 168 cm³/mol. The summed E-state index contributed by atoms with van der Waals surface area (Å²) in [5.41, 5.74) is 8.50. The molecule has 8 aromatic rings. The molecule has 0 saturated carbocycles. The molecule has 0 atom stereocenters. The van der Waals surface area contributed by atoms with Crippen LogP contribution in [0.5, 0.6) is 0 Å². The smallest absolute Gasteiger partial charge is 0.0786 e. The van der Waals surface area contributed by atoms with Gasteiger partial charge in [0.25, 0.3) is 0 Å². The van der Waals surface area contributed by atoms with Crippen LogP contribution in [-0.2, 0) is 0 Å². The molecule has 0 N–H and O–H groups in total. The summed E-state index contributed by atoms with van der Waals surface area (Å²) in [6, 6.07) is 48.2. The third kappa shape index (κ3) is 3.57. The van der Waals surface area contributed by atoms with E-state index in [1.807, 2.05) is 23.6 Å². The van der Waals surface area contributed by atoms with Gasteiger partial charge in [-0.3, -0.25) is 4.98 Å². The van der Waals surface area contributed by atoms with E-state index in [2.05, 4.69) is 127 Å². The molecule has 2 heterocycles. The predicted octanol–water partition coefficient (Wildman–Crippen LogP) is 10.8. The number of nitrogens with zero attached hydrogens (tertiary/aromatic N) is 1. The van der Waals surface area contributed by atoms with Crippen molar-refractivity contribution in [3.63, 3.8) is 0 Å². The first kappa shape index (κ1) is 22.2. The Labute approximate surface area is 230 Å². The van der Waals surface area contributed by atoms with Gasteiger partial charge < -0.3 is 0 Å². The van der Waals surface area contributed by atoms with Crippen molar-refractivity contribution in [2.75, 3.05) is 0 Å². The SMILES string of the molecule is c1ccc(-c2ccc3sc4ccc(-c5cccc6ccc7cccnc7c56)c(-c5ccccc5)c4c3c2)cc1. The number of hydrogen-bond donors (Lipinski definition) is 0. The highest BCUT2D eigenvalue weighted by Gasteiger charge is 2.19. The van der Waals surface area contributed by atoms with Crippen molar-refractivity contribution in [3.8, 4) is 33.4 Å². The number of benzene rings is 6. The second kappa shape index (κ2) is 8.90. The van der Waals surface area contributed by atoms with Gasteiger partial charge in [-0.25, -0.2) is 0 Å². The zero-order valence-corrected chi connectivity index (χ0v) is 22.0. The Kier molecular flexibility index (Phi) is 5.07. The van der Waals surface area contributed by atoms with E-state index >= 15 is 0 Å². The van der Waals surface area contributed by atoms with Crippen molar-refractivity contribution >= 4 is 53.2 Å². The number of thiophene rings is 1. The maximum atomic E-state index is 4.85. The van der Waals surface area contributed by atoms with Gasteiger partial charge in [-0.05, 0) is 63.0 Å². The molecular weight excluding hydrogens is 490 g/mol. The Bertz CT molecular complexity index is 2160. The number of rotatable bonds is 3. The highest BCUT2D eigenvalue weighted by atomic mass is 32.1. The lowest BCUT2D eigenvalue weighted by atomic mass is 9.87. The van der Waals surface area contributed by atoms with Gasteiger partial charge in [0.15, 0.2) is 0 Å². The Morgan fingerprint density at radius 1 is 0.462 bits per heavy atom. The van der Waals surface area contributed by atoms with Crippen LogP contribution in [0.1, 0.15) is 0 Å². The van der Waals surface area contributed by atoms with Gasteiger partial charge in [-0.2, -0.15) is 0 Å². The Morgan fingerprint density at radius 3 is 2.05 bits per heavy atom. The fraction of sp³-hybridized carbons (Fsp3) is 0. The topological polar surface area (TPSA) is 12.9 Å². The van der Waals surface area contributed by atoms with Crippen LogP contribution in [0.4, 0.5) is 0 Å². The third-order valence-electron chi connectivity index (χ3n) is 7.71. The zero-order chi connectivity index (χ0) is 25.8. The van der Waals surface area contributed by atoms with Gasteiger partial charge in [0.05, 0.1) is 5.52 Å². The lowest BCUT2D eigenvalue weighted by molar-refractivity contribution is 1.43. The second-order valence-corrected chi connectivity index (χ2v) is 11.0. The Morgan fingerprint density at radius 2 is 1.21 bits per heavy atom. The average Bonchev–Trinajstić information content (AvgIpc) is 3.39. The van der Waals surface area contributed by atoms with E-state index in [9.17, 15) is 0 Å². The van der Waals surface area contributed by atoms with Crippen LogP contribution in [0.15, 0.2) is 140 Å². The largest absolute Gasteiger partial charge is 0.256 e. The standard InChI is InChI=1S/C37H23NS/c1-3-9-24(10-4-1)28-18-20-32-31(23-28)36-33(39-32)21-19-30(34(36)25-11-5-2-6-12-25)29-15-7-13-26-16-17-27-14-8-22-38-37(27)35(26)29/h1-23H. The van der Waals surface area contributed by atoms with Crippen molar-refractivity contribution < 1.29 is 0 Å². The summed E-state index contributed by atoms with van der Waals surface area (Å²) in [5.74, 6) is 0. The number of fused-ring (bicyclic) bond motifs is 6. The summed E-state index contributed by atoms with van der Waals surface area (Å²) < 4.78 is 2.62. The van der Waals surface area contributed by atoms with Gasteiger partial charge in [0, 0.05) is 37.1 Å². The van der Waals surface area contributed by atoms with E-state index in [4.69, 9.17) is 4.98 Å². The van der Waals surface area contributed by atoms with Crippen molar-refractivity contribution in [2.24, 2.45) is 0 Å². The highest BCUT2D eigenvalue weighted by Crippen LogP contribution is 2.47. The molecule has 6 aromatic carbocycles. The third-order valence-corrected chi connectivity index (χ3v) is 8.85. The molecule has 2 aromatic heterocycles. The Balaban J connectivity index is 1.52. The molecular formula is C37H23NS. The van der Waals surface area contributed by atoms with Crippen LogP contribution >= 0.6 is 11.3 Å². The van der Waals surface area contributed by atoms with Crippen LogP contribution in [0, 0.1) is 0 Å². The van der Waals surface area contributed by atoms with Crippen molar-refractivity contribution in [1.82, 2.24) is 4.98 Å². The zero-order valence-electron chi connectivity index (χ0n) is 21.1. The van der Waals surface area contributed by atoms with Crippen LogP contribution < -0.4 is 0 Å². The number of hydrogen-bond acceptors (Lipinski definition) is 2. The molecule has 0 bridgehead atoms. The lowest BCUT2D eigenvalue weighted by Crippen LogP contribution is -1.90. The monoisotopic (exact) mass is 513 g/mol. The molecule has 0 aliphatic carbocycles. The second-order valence-electron chi connectivity index (χ2n) is 9.95. The van der Waals surface area contributed by atoms with Crippen molar-refractivity contribution in [3.05, 3.63) is 140 Å². The summed E-state index contributed by atoms with van der Waals surface area (Å²) in [7, 11) is 0. The van der Waals surface area contributed by atoms with Gasteiger partial charge in [0.1, 0.15) is 0 Å². The summed E-state index contributed by atoms with van der Waals surface area (Å²) in [5, 5.41) is 6.20. The van der Waals surface area contributed by atoms with E-state index in [1.165, 1.54) is 64.3 Å². The molecule has 39 heavy (non-hydrogen) atoms. The van der Waals surface area contributed by atoms with Crippen molar-refractivity contribution in [2.45, 2.75) is 0 Å². The van der Waals surface area contributed by atoms with E-state index in [-0.39, 0.29) is 0 Å². The minimum Gasteiger partial charge on any atom is -0.256 e. The number of aromatic nitrogens is 1. The van der Waals surface area contributed by atoms with Gasteiger partial charge in [0.2, 0.25) is 0 Å². The first-order valence-electron chi connectivity index (χ1n) is 13.2. The summed E-state index contributed by atoms with van der Waals surface area (Å²) >= 11 is 1.87. The molecule has 0 aliphatic rings. The van der Waals surface area contributed by atoms with E-state index in [0.29, 0.717) is 0 Å². The minimum absolute atomic E-state index is 1.05. The van der Waals surface area contributed by atoms with Crippen LogP contribution in [-0.4, -0.2) is 4.98 Å². The average molecular weight is 514 g/mol. The molecule has 0 amide bonds. The molecule has 0 saturated heterocycles. The van der Waals surface area contributed by atoms with Gasteiger partial charge in [-0.15, -0.1) is 11.3 Å².